The number of ether oxygens (including phenoxy) is 1. The van der Waals surface area contributed by atoms with Crippen LogP contribution in [0.2, 0.25) is 0 Å². The quantitative estimate of drug-likeness (QED) is 0.860. The highest BCUT2D eigenvalue weighted by Gasteiger charge is 2.44. The predicted molar refractivity (Wildman–Crippen MR) is 98.8 cm³/mol. The van der Waals surface area contributed by atoms with E-state index in [1.165, 1.54) is 23.1 Å². The number of alkyl halides is 1. The molecule has 0 bridgehead atoms. The number of nitrogens with zero attached hydrogens (tertiary/aromatic N) is 3. The highest BCUT2D eigenvalue weighted by Crippen LogP contribution is 2.35. The minimum absolute atomic E-state index is 0.169. The average Bonchev–Trinajstić information content (AvgIpc) is 3.13. The molecule has 0 saturated carbocycles. The monoisotopic (exact) mass is 390 g/mol. The van der Waals surface area contributed by atoms with Gasteiger partial charge >= 0.3 is 0 Å². The zero-order chi connectivity index (χ0) is 19.9. The van der Waals surface area contributed by atoms with Gasteiger partial charge in [0.25, 0.3) is 11.5 Å². The third-order valence-electron chi connectivity index (χ3n) is 5.13. The number of nitrogens with one attached hydrogen (secondary N) is 1. The summed E-state index contributed by atoms with van der Waals surface area (Å²) in [4.78, 5) is 34.6. The molecule has 3 heterocycles. The van der Waals surface area contributed by atoms with E-state index >= 15 is 4.39 Å². The van der Waals surface area contributed by atoms with Crippen LogP contribution in [-0.4, -0.2) is 48.7 Å². The summed E-state index contributed by atoms with van der Waals surface area (Å²) < 4.78 is 34.9. The number of carbonyl (C=O) groups excluding carboxylic acids is 1. The molecule has 28 heavy (non-hydrogen) atoms. The number of rotatable bonds is 3. The van der Waals surface area contributed by atoms with Gasteiger partial charge in [0.05, 0.1) is 13.2 Å². The standard InChI is InChI=1S/C19H20F2N4O3/c1-19(21,18(27)25-6-5-12-13(20)3-2-4-14(12)25)17-22-15(11-16(26)23-17)24-7-9-28-10-8-24/h2-4,11H,5-10H2,1H3,(H,22,23,26)/t19-/m0/s1. The number of hydrogen-bond donors (Lipinski definition) is 1. The number of aromatic nitrogens is 2. The molecule has 0 spiro atoms. The van der Waals surface area contributed by atoms with Crippen molar-refractivity contribution >= 4 is 17.4 Å². The minimum Gasteiger partial charge on any atom is -0.378 e. The predicted octanol–water partition coefficient (Wildman–Crippen LogP) is 1.52. The number of aromatic amines is 1. The second-order valence-electron chi connectivity index (χ2n) is 7.00. The second-order valence-corrected chi connectivity index (χ2v) is 7.00. The molecule has 0 aliphatic carbocycles. The van der Waals surface area contributed by atoms with E-state index in [0.29, 0.717) is 49.8 Å². The lowest BCUT2D eigenvalue weighted by atomic mass is 10.1. The Kier molecular flexibility index (Phi) is 4.62. The normalized spacial score (nSPS) is 18.7. The molecule has 1 aromatic carbocycles. The third kappa shape index (κ3) is 3.15. The summed E-state index contributed by atoms with van der Waals surface area (Å²) in [6, 6.07) is 5.65. The molecular formula is C19H20F2N4O3. The Bertz CT molecular complexity index is 970. The average molecular weight is 390 g/mol. The maximum absolute atomic E-state index is 15.6. The van der Waals surface area contributed by atoms with E-state index in [4.69, 9.17) is 4.74 Å². The van der Waals surface area contributed by atoms with Crippen LogP contribution in [0.5, 0.6) is 0 Å². The summed E-state index contributed by atoms with van der Waals surface area (Å²) in [5.41, 5.74) is -2.39. The fraction of sp³-hybridized carbons (Fsp3) is 0.421. The number of halogens is 2. The molecule has 1 amide bonds. The van der Waals surface area contributed by atoms with Crippen LogP contribution in [0.15, 0.2) is 29.1 Å². The number of anilines is 2. The molecule has 0 unspecified atom stereocenters. The molecule has 9 heteroatoms. The van der Waals surface area contributed by atoms with Gasteiger partial charge in [-0.05, 0) is 25.5 Å². The molecule has 4 rings (SSSR count). The lowest BCUT2D eigenvalue weighted by molar-refractivity contribution is -0.130. The highest BCUT2D eigenvalue weighted by atomic mass is 19.1. The Morgan fingerprint density at radius 2 is 2.04 bits per heavy atom. The number of carbonyl (C=O) groups is 1. The summed E-state index contributed by atoms with van der Waals surface area (Å²) in [6.45, 7) is 3.23. The first-order valence-corrected chi connectivity index (χ1v) is 9.11. The molecular weight excluding hydrogens is 370 g/mol. The van der Waals surface area contributed by atoms with Gasteiger partial charge in [-0.2, -0.15) is 0 Å². The SMILES string of the molecule is C[C@@](F)(C(=O)N1CCc2c(F)cccc21)c1nc(N2CCOCC2)cc(=O)[nH]1. The van der Waals surface area contributed by atoms with Crippen molar-refractivity contribution < 1.29 is 18.3 Å². The summed E-state index contributed by atoms with van der Waals surface area (Å²) in [5.74, 6) is -1.38. The van der Waals surface area contributed by atoms with E-state index in [2.05, 4.69) is 9.97 Å². The third-order valence-corrected chi connectivity index (χ3v) is 5.13. The maximum atomic E-state index is 15.6. The van der Waals surface area contributed by atoms with Gasteiger partial charge in [-0.25, -0.2) is 13.8 Å². The van der Waals surface area contributed by atoms with Crippen LogP contribution in [0.3, 0.4) is 0 Å². The molecule has 1 aromatic heterocycles. The molecule has 2 aliphatic rings. The van der Waals surface area contributed by atoms with Gasteiger partial charge in [0.1, 0.15) is 11.6 Å². The van der Waals surface area contributed by atoms with Crippen molar-refractivity contribution in [2.75, 3.05) is 42.6 Å². The largest absolute Gasteiger partial charge is 0.378 e. The molecule has 1 saturated heterocycles. The van der Waals surface area contributed by atoms with E-state index in [1.54, 1.807) is 6.07 Å². The zero-order valence-electron chi connectivity index (χ0n) is 15.4. The van der Waals surface area contributed by atoms with E-state index < -0.39 is 23.0 Å². The number of morpholine rings is 1. The lowest BCUT2D eigenvalue weighted by Crippen LogP contribution is -2.44. The highest BCUT2D eigenvalue weighted by molar-refractivity contribution is 6.00. The van der Waals surface area contributed by atoms with Gasteiger partial charge in [0.2, 0.25) is 5.67 Å². The van der Waals surface area contributed by atoms with Gasteiger partial charge in [-0.3, -0.25) is 9.59 Å². The summed E-state index contributed by atoms with van der Waals surface area (Å²) in [6.07, 6.45) is 0.307. The van der Waals surface area contributed by atoms with Crippen molar-refractivity contribution in [1.29, 1.82) is 0 Å². The molecule has 148 valence electrons. The second kappa shape index (κ2) is 6.97. The van der Waals surface area contributed by atoms with Crippen LogP contribution >= 0.6 is 0 Å². The van der Waals surface area contributed by atoms with Crippen LogP contribution < -0.4 is 15.4 Å². The van der Waals surface area contributed by atoms with Crippen molar-refractivity contribution in [3.05, 3.63) is 51.8 Å². The molecule has 1 N–H and O–H groups in total. The maximum Gasteiger partial charge on any atom is 0.272 e. The zero-order valence-corrected chi connectivity index (χ0v) is 15.4. The minimum atomic E-state index is -2.57. The van der Waals surface area contributed by atoms with Gasteiger partial charge in [0.15, 0.2) is 5.82 Å². The number of hydrogen-bond acceptors (Lipinski definition) is 5. The Labute approximate surface area is 159 Å². The Hall–Kier alpha value is -2.81. The van der Waals surface area contributed by atoms with Crippen LogP contribution in [-0.2, 0) is 21.6 Å². The fourth-order valence-corrected chi connectivity index (χ4v) is 3.58. The first-order valence-electron chi connectivity index (χ1n) is 9.11. The Balaban J connectivity index is 1.67. The van der Waals surface area contributed by atoms with Gasteiger partial charge in [-0.15, -0.1) is 0 Å². The molecule has 2 aliphatic heterocycles. The van der Waals surface area contributed by atoms with Gasteiger partial charge in [0, 0.05) is 37.0 Å². The first kappa shape index (κ1) is 18.5. The van der Waals surface area contributed by atoms with Crippen molar-refractivity contribution in [2.45, 2.75) is 19.0 Å². The van der Waals surface area contributed by atoms with E-state index in [1.807, 2.05) is 4.90 Å². The molecule has 1 atom stereocenters. The summed E-state index contributed by atoms with van der Waals surface area (Å²) in [7, 11) is 0. The molecule has 1 fully saturated rings. The van der Waals surface area contributed by atoms with Gasteiger partial charge < -0.3 is 19.5 Å². The fourth-order valence-electron chi connectivity index (χ4n) is 3.58. The Morgan fingerprint density at radius 1 is 1.29 bits per heavy atom. The Morgan fingerprint density at radius 3 is 2.79 bits per heavy atom. The topological polar surface area (TPSA) is 78.5 Å². The van der Waals surface area contributed by atoms with Crippen molar-refractivity contribution in [3.63, 3.8) is 0 Å². The van der Waals surface area contributed by atoms with Crippen LogP contribution in [0.25, 0.3) is 0 Å². The smallest absolute Gasteiger partial charge is 0.272 e. The number of fused-ring (bicyclic) bond motifs is 1. The van der Waals surface area contributed by atoms with E-state index in [9.17, 15) is 14.0 Å². The van der Waals surface area contributed by atoms with E-state index in [-0.39, 0.29) is 12.4 Å². The van der Waals surface area contributed by atoms with Crippen molar-refractivity contribution in [3.8, 4) is 0 Å². The molecule has 2 aromatic rings. The summed E-state index contributed by atoms with van der Waals surface area (Å²) in [5, 5.41) is 0. The van der Waals surface area contributed by atoms with E-state index in [0.717, 1.165) is 6.92 Å². The van der Waals surface area contributed by atoms with Crippen LogP contribution in [0, 0.1) is 5.82 Å². The lowest BCUT2D eigenvalue weighted by Gasteiger charge is -2.29. The number of benzene rings is 1. The molecule has 7 nitrogen and oxygen atoms in total. The number of H-pyrrole nitrogens is 1. The van der Waals surface area contributed by atoms with Crippen LogP contribution in [0.4, 0.5) is 20.3 Å². The first-order chi connectivity index (χ1) is 13.4. The number of amides is 1. The van der Waals surface area contributed by atoms with Crippen LogP contribution in [0.1, 0.15) is 18.3 Å². The van der Waals surface area contributed by atoms with Crippen molar-refractivity contribution in [2.24, 2.45) is 0 Å². The van der Waals surface area contributed by atoms with Gasteiger partial charge in [-0.1, -0.05) is 6.07 Å². The summed E-state index contributed by atoms with van der Waals surface area (Å²) >= 11 is 0. The van der Waals surface area contributed by atoms with Crippen molar-refractivity contribution in [1.82, 2.24) is 9.97 Å². The molecule has 0 radical (unpaired) electrons.